The third-order valence-electron chi connectivity index (χ3n) is 3.98. The molecule has 0 unspecified atom stereocenters. The third kappa shape index (κ3) is 4.65. The fraction of sp³-hybridized carbons (Fsp3) is 0.500. The van der Waals surface area contributed by atoms with Crippen molar-refractivity contribution in [3.63, 3.8) is 0 Å². The van der Waals surface area contributed by atoms with E-state index in [1.165, 1.54) is 0 Å². The van der Waals surface area contributed by atoms with Crippen LogP contribution < -0.4 is 20.1 Å². The average molecular weight is 359 g/mol. The van der Waals surface area contributed by atoms with Gasteiger partial charge in [-0.2, -0.15) is 4.98 Å². The predicted octanol–water partition coefficient (Wildman–Crippen LogP) is 2.22. The van der Waals surface area contributed by atoms with Gasteiger partial charge >= 0.3 is 0 Å². The van der Waals surface area contributed by atoms with Gasteiger partial charge in [0.15, 0.2) is 23.3 Å². The predicted molar refractivity (Wildman–Crippen MR) is 97.5 cm³/mol. The smallest absolute Gasteiger partial charge is 0.231 e. The Morgan fingerprint density at radius 3 is 2.85 bits per heavy atom. The SMILES string of the molecule is CN=C(NCCCc1nc(C(C)C)no1)NCc1ccc2c(c1)OCO2. The molecule has 2 heterocycles. The average Bonchev–Trinajstić information content (AvgIpc) is 3.30. The van der Waals surface area contributed by atoms with Crippen molar-refractivity contribution < 1.29 is 14.0 Å². The van der Waals surface area contributed by atoms with Crippen molar-refractivity contribution in [2.75, 3.05) is 20.4 Å². The van der Waals surface area contributed by atoms with Gasteiger partial charge in [-0.15, -0.1) is 0 Å². The number of nitrogens with one attached hydrogen (secondary N) is 2. The van der Waals surface area contributed by atoms with Gasteiger partial charge in [0, 0.05) is 32.5 Å². The molecule has 0 saturated carbocycles. The third-order valence-corrected chi connectivity index (χ3v) is 3.98. The first-order valence-corrected chi connectivity index (χ1v) is 8.81. The minimum absolute atomic E-state index is 0.282. The summed E-state index contributed by atoms with van der Waals surface area (Å²) in [5, 5.41) is 10.5. The van der Waals surface area contributed by atoms with Gasteiger partial charge in [-0.25, -0.2) is 0 Å². The highest BCUT2D eigenvalue weighted by molar-refractivity contribution is 5.79. The summed E-state index contributed by atoms with van der Waals surface area (Å²) >= 11 is 0. The first-order valence-electron chi connectivity index (χ1n) is 8.81. The summed E-state index contributed by atoms with van der Waals surface area (Å²) in [4.78, 5) is 8.61. The molecule has 8 heteroatoms. The van der Waals surface area contributed by atoms with E-state index in [-0.39, 0.29) is 12.7 Å². The van der Waals surface area contributed by atoms with Gasteiger partial charge in [-0.1, -0.05) is 25.1 Å². The van der Waals surface area contributed by atoms with E-state index < -0.39 is 0 Å². The van der Waals surface area contributed by atoms with Crippen LogP contribution in [0.4, 0.5) is 0 Å². The molecule has 0 atom stereocenters. The van der Waals surface area contributed by atoms with Crippen LogP contribution >= 0.6 is 0 Å². The van der Waals surface area contributed by atoms with Crippen LogP contribution in [0.25, 0.3) is 0 Å². The summed E-state index contributed by atoms with van der Waals surface area (Å²) in [6.45, 7) is 5.80. The van der Waals surface area contributed by atoms with Gasteiger partial charge in [0.05, 0.1) is 0 Å². The molecule has 0 spiro atoms. The summed E-state index contributed by atoms with van der Waals surface area (Å²) in [6, 6.07) is 5.91. The minimum Gasteiger partial charge on any atom is -0.454 e. The second-order valence-corrected chi connectivity index (χ2v) is 6.34. The maximum Gasteiger partial charge on any atom is 0.231 e. The number of guanidine groups is 1. The highest BCUT2D eigenvalue weighted by Crippen LogP contribution is 2.32. The Bertz CT molecular complexity index is 757. The molecule has 8 nitrogen and oxygen atoms in total. The van der Waals surface area contributed by atoms with Gasteiger partial charge in [-0.3, -0.25) is 4.99 Å². The summed E-state index contributed by atoms with van der Waals surface area (Å²) in [7, 11) is 1.75. The van der Waals surface area contributed by atoms with Gasteiger partial charge in [0.25, 0.3) is 0 Å². The molecule has 0 amide bonds. The number of hydrogen-bond donors (Lipinski definition) is 2. The Hall–Kier alpha value is -2.77. The van der Waals surface area contributed by atoms with Crippen molar-refractivity contribution in [2.24, 2.45) is 4.99 Å². The highest BCUT2D eigenvalue weighted by atomic mass is 16.7. The molecular formula is C18H25N5O3. The van der Waals surface area contributed by atoms with Gasteiger partial charge in [0.2, 0.25) is 12.7 Å². The lowest BCUT2D eigenvalue weighted by Gasteiger charge is -2.11. The standard InChI is InChI=1S/C18H25N5O3/c1-12(2)17-22-16(26-23-17)5-4-8-20-18(19-3)21-10-13-6-7-14-15(9-13)25-11-24-14/h6-7,9,12H,4-5,8,10-11H2,1-3H3,(H2,19,20,21). The molecule has 0 saturated heterocycles. The molecule has 1 aromatic carbocycles. The van der Waals surface area contributed by atoms with Crippen molar-refractivity contribution in [3.05, 3.63) is 35.5 Å². The van der Waals surface area contributed by atoms with E-state index in [2.05, 4.69) is 25.8 Å². The molecule has 1 aromatic heterocycles. The second-order valence-electron chi connectivity index (χ2n) is 6.34. The van der Waals surface area contributed by atoms with Crippen LogP contribution in [-0.2, 0) is 13.0 Å². The number of hydrogen-bond acceptors (Lipinski definition) is 6. The highest BCUT2D eigenvalue weighted by Gasteiger charge is 2.13. The van der Waals surface area contributed by atoms with Crippen LogP contribution in [-0.4, -0.2) is 36.5 Å². The van der Waals surface area contributed by atoms with Crippen LogP contribution in [0.15, 0.2) is 27.7 Å². The lowest BCUT2D eigenvalue weighted by molar-refractivity contribution is 0.174. The number of nitrogens with zero attached hydrogens (tertiary/aromatic N) is 3. The lowest BCUT2D eigenvalue weighted by atomic mass is 10.2. The fourth-order valence-corrected chi connectivity index (χ4v) is 2.51. The largest absolute Gasteiger partial charge is 0.454 e. The van der Waals surface area contributed by atoms with Crippen LogP contribution in [0, 0.1) is 0 Å². The van der Waals surface area contributed by atoms with Crippen molar-refractivity contribution in [2.45, 2.75) is 39.2 Å². The molecule has 3 rings (SSSR count). The zero-order valence-electron chi connectivity index (χ0n) is 15.4. The maximum absolute atomic E-state index is 5.39. The molecule has 0 fully saturated rings. The van der Waals surface area contributed by atoms with E-state index in [0.717, 1.165) is 48.2 Å². The van der Waals surface area contributed by atoms with Crippen LogP contribution in [0.1, 0.15) is 43.5 Å². The van der Waals surface area contributed by atoms with E-state index >= 15 is 0 Å². The topological polar surface area (TPSA) is 93.8 Å². The molecule has 0 aliphatic carbocycles. The van der Waals surface area contributed by atoms with Crippen molar-refractivity contribution in [3.8, 4) is 11.5 Å². The van der Waals surface area contributed by atoms with E-state index in [1.54, 1.807) is 7.05 Å². The summed E-state index contributed by atoms with van der Waals surface area (Å²) in [5.74, 6) is 4.04. The van der Waals surface area contributed by atoms with Crippen molar-refractivity contribution >= 4 is 5.96 Å². The number of rotatable bonds is 7. The number of aliphatic imine (C=N–C) groups is 1. The summed E-state index contributed by atoms with van der Waals surface area (Å²) in [6.07, 6.45) is 1.62. The van der Waals surface area contributed by atoms with E-state index in [0.29, 0.717) is 12.4 Å². The zero-order valence-corrected chi connectivity index (χ0v) is 15.4. The Labute approximate surface area is 153 Å². The molecule has 2 N–H and O–H groups in total. The fourth-order valence-electron chi connectivity index (χ4n) is 2.51. The number of ether oxygens (including phenoxy) is 2. The molecule has 26 heavy (non-hydrogen) atoms. The quantitative estimate of drug-likeness (QED) is 0.445. The summed E-state index contributed by atoms with van der Waals surface area (Å²) < 4.78 is 16.0. The summed E-state index contributed by atoms with van der Waals surface area (Å²) in [5.41, 5.74) is 1.10. The van der Waals surface area contributed by atoms with Gasteiger partial charge < -0.3 is 24.6 Å². The number of benzene rings is 1. The Morgan fingerprint density at radius 1 is 1.23 bits per heavy atom. The van der Waals surface area contributed by atoms with Crippen LogP contribution in [0.5, 0.6) is 11.5 Å². The first kappa shape index (κ1) is 18.0. The Kier molecular flexibility index (Phi) is 5.93. The van der Waals surface area contributed by atoms with Gasteiger partial charge in [-0.05, 0) is 24.1 Å². The van der Waals surface area contributed by atoms with E-state index in [4.69, 9.17) is 14.0 Å². The minimum atomic E-state index is 0.282. The molecule has 0 bridgehead atoms. The van der Waals surface area contributed by atoms with Crippen LogP contribution in [0.3, 0.4) is 0 Å². The Balaban J connectivity index is 1.39. The van der Waals surface area contributed by atoms with Crippen molar-refractivity contribution in [1.29, 1.82) is 0 Å². The monoisotopic (exact) mass is 359 g/mol. The Morgan fingerprint density at radius 2 is 2.08 bits per heavy atom. The number of aromatic nitrogens is 2. The molecule has 140 valence electrons. The number of fused-ring (bicyclic) bond motifs is 1. The zero-order chi connectivity index (χ0) is 18.4. The first-order chi connectivity index (χ1) is 12.7. The molecule has 1 aliphatic heterocycles. The molecular weight excluding hydrogens is 334 g/mol. The molecule has 1 aliphatic rings. The van der Waals surface area contributed by atoms with E-state index in [1.807, 2.05) is 32.0 Å². The molecule has 0 radical (unpaired) electrons. The lowest BCUT2D eigenvalue weighted by Crippen LogP contribution is -2.37. The second kappa shape index (κ2) is 8.55. The van der Waals surface area contributed by atoms with Crippen LogP contribution in [0.2, 0.25) is 0 Å². The normalized spacial score (nSPS) is 13.3. The van der Waals surface area contributed by atoms with E-state index in [9.17, 15) is 0 Å². The molecule has 2 aromatic rings. The number of aryl methyl sites for hydroxylation is 1. The maximum atomic E-state index is 5.39. The van der Waals surface area contributed by atoms with Crippen molar-refractivity contribution in [1.82, 2.24) is 20.8 Å². The van der Waals surface area contributed by atoms with Gasteiger partial charge in [0.1, 0.15) is 0 Å².